The molecule has 0 saturated carbocycles. The standard InChI is InChI=1S/C11H4Cl3F9N2O/c12-3-1-4(13)6(5(14)2-3)24-7(26)25-8(9(15,16)17,10(18,19)20)11(21,22)23/h1-2H,(H2,24,25,26). The fraction of sp³-hybridized carbons (Fsp3) is 0.364. The van der Waals surface area contributed by atoms with Crippen molar-refractivity contribution in [3.63, 3.8) is 0 Å². The lowest BCUT2D eigenvalue weighted by Gasteiger charge is -2.38. The van der Waals surface area contributed by atoms with E-state index in [4.69, 9.17) is 34.8 Å². The van der Waals surface area contributed by atoms with Crippen LogP contribution in [0, 0.1) is 0 Å². The Labute approximate surface area is 153 Å². The number of alkyl halides is 9. The molecule has 0 aromatic heterocycles. The number of hydrogen-bond acceptors (Lipinski definition) is 1. The van der Waals surface area contributed by atoms with Crippen LogP contribution >= 0.6 is 34.8 Å². The lowest BCUT2D eigenvalue weighted by molar-refractivity contribution is -0.386. The van der Waals surface area contributed by atoms with E-state index in [0.29, 0.717) is 0 Å². The van der Waals surface area contributed by atoms with Gasteiger partial charge >= 0.3 is 30.1 Å². The number of nitrogens with one attached hydrogen (secondary N) is 2. The fourth-order valence-electron chi connectivity index (χ4n) is 1.67. The average Bonchev–Trinajstić information content (AvgIpc) is 2.35. The van der Waals surface area contributed by atoms with E-state index >= 15 is 0 Å². The van der Waals surface area contributed by atoms with E-state index in [1.807, 2.05) is 0 Å². The van der Waals surface area contributed by atoms with Gasteiger partial charge in [0.05, 0.1) is 15.7 Å². The molecule has 0 saturated heterocycles. The second-order valence-corrected chi connectivity index (χ2v) is 5.82. The van der Waals surface area contributed by atoms with Crippen molar-refractivity contribution in [1.29, 1.82) is 0 Å². The quantitative estimate of drug-likeness (QED) is 0.511. The van der Waals surface area contributed by atoms with Crippen LogP contribution in [0.5, 0.6) is 0 Å². The first kappa shape index (κ1) is 22.8. The maximum atomic E-state index is 12.7. The average molecular weight is 458 g/mol. The third kappa shape index (κ3) is 4.17. The molecule has 2 amide bonds. The maximum Gasteiger partial charge on any atom is 0.429 e. The number of anilines is 1. The van der Waals surface area contributed by atoms with Crippen molar-refractivity contribution in [3.8, 4) is 0 Å². The lowest BCUT2D eigenvalue weighted by Crippen LogP contribution is -2.75. The highest BCUT2D eigenvalue weighted by molar-refractivity contribution is 6.42. The molecule has 0 unspecified atom stereocenters. The van der Waals surface area contributed by atoms with Crippen molar-refractivity contribution in [2.45, 2.75) is 24.1 Å². The van der Waals surface area contributed by atoms with E-state index in [-0.39, 0.29) is 10.3 Å². The molecule has 1 aromatic carbocycles. The van der Waals surface area contributed by atoms with Crippen LogP contribution in [0.2, 0.25) is 15.1 Å². The van der Waals surface area contributed by atoms with E-state index < -0.39 is 45.8 Å². The number of halogens is 12. The Balaban J connectivity index is 3.36. The zero-order valence-electron chi connectivity index (χ0n) is 11.6. The summed E-state index contributed by atoms with van der Waals surface area (Å²) < 4.78 is 115. The van der Waals surface area contributed by atoms with Crippen molar-refractivity contribution in [2.24, 2.45) is 0 Å². The van der Waals surface area contributed by atoms with Crippen LogP contribution in [-0.2, 0) is 0 Å². The zero-order valence-corrected chi connectivity index (χ0v) is 13.9. The van der Waals surface area contributed by atoms with E-state index in [0.717, 1.165) is 12.1 Å². The molecule has 0 fully saturated rings. The van der Waals surface area contributed by atoms with Crippen LogP contribution in [0.25, 0.3) is 0 Å². The van der Waals surface area contributed by atoms with Gasteiger partial charge in [-0.1, -0.05) is 34.8 Å². The summed E-state index contributed by atoms with van der Waals surface area (Å²) in [7, 11) is 0. The molecule has 0 aliphatic carbocycles. The Kier molecular flexibility index (Phi) is 6.17. The van der Waals surface area contributed by atoms with Crippen LogP contribution in [0.1, 0.15) is 0 Å². The van der Waals surface area contributed by atoms with E-state index in [1.165, 1.54) is 5.32 Å². The van der Waals surface area contributed by atoms with Gasteiger partial charge in [-0.25, -0.2) is 4.79 Å². The van der Waals surface area contributed by atoms with Gasteiger partial charge in [0.25, 0.3) is 0 Å². The van der Waals surface area contributed by atoms with Crippen LogP contribution in [0.15, 0.2) is 12.1 Å². The highest BCUT2D eigenvalue weighted by Crippen LogP contribution is 2.52. The largest absolute Gasteiger partial charge is 0.429 e. The van der Waals surface area contributed by atoms with E-state index in [1.54, 1.807) is 0 Å². The highest BCUT2D eigenvalue weighted by Gasteiger charge is 2.84. The Morgan fingerprint density at radius 3 is 1.42 bits per heavy atom. The van der Waals surface area contributed by atoms with Gasteiger partial charge in [-0.3, -0.25) is 0 Å². The van der Waals surface area contributed by atoms with Gasteiger partial charge in [0, 0.05) is 5.02 Å². The molecule has 0 aliphatic heterocycles. The molecular formula is C11H4Cl3F9N2O. The SMILES string of the molecule is O=C(Nc1c(Cl)cc(Cl)cc1Cl)NC(C(F)(F)F)(C(F)(F)F)C(F)(F)F. The third-order valence-corrected chi connectivity index (χ3v) is 3.64. The van der Waals surface area contributed by atoms with Gasteiger partial charge < -0.3 is 10.6 Å². The topological polar surface area (TPSA) is 41.1 Å². The van der Waals surface area contributed by atoms with Crippen molar-refractivity contribution >= 4 is 46.5 Å². The van der Waals surface area contributed by atoms with Gasteiger partial charge in [-0.05, 0) is 12.1 Å². The van der Waals surface area contributed by atoms with Crippen molar-refractivity contribution in [3.05, 3.63) is 27.2 Å². The summed E-state index contributed by atoms with van der Waals surface area (Å²) in [5.74, 6) is 0. The fourth-order valence-corrected chi connectivity index (χ4v) is 2.58. The molecule has 2 N–H and O–H groups in total. The molecule has 1 aromatic rings. The summed E-state index contributed by atoms with van der Waals surface area (Å²) in [5, 5.41) is -0.0206. The van der Waals surface area contributed by atoms with E-state index in [2.05, 4.69) is 0 Å². The number of hydrogen-bond donors (Lipinski definition) is 2. The van der Waals surface area contributed by atoms with Crippen molar-refractivity contribution < 1.29 is 44.3 Å². The molecule has 15 heteroatoms. The summed E-state index contributed by atoms with van der Waals surface area (Å²) in [4.78, 5) is 11.5. The predicted molar refractivity (Wildman–Crippen MR) is 74.5 cm³/mol. The molecule has 0 radical (unpaired) electrons. The molecule has 148 valence electrons. The summed E-state index contributed by atoms with van der Waals surface area (Å²) in [6.45, 7) is 0. The lowest BCUT2D eigenvalue weighted by atomic mass is 9.97. The number of benzene rings is 1. The van der Waals surface area contributed by atoms with Crippen LogP contribution in [0.3, 0.4) is 0 Å². The molecule has 0 spiro atoms. The first-order valence-corrected chi connectivity index (χ1v) is 7.01. The first-order valence-electron chi connectivity index (χ1n) is 5.88. The number of carbonyl (C=O) groups is 1. The Morgan fingerprint density at radius 1 is 0.769 bits per heavy atom. The van der Waals surface area contributed by atoms with Crippen molar-refractivity contribution in [2.75, 3.05) is 5.32 Å². The van der Waals surface area contributed by atoms with Gasteiger partial charge in [0.2, 0.25) is 0 Å². The predicted octanol–water partition coefficient (Wildman–Crippen LogP) is 6.19. The Hall–Kier alpha value is -1.27. The number of urea groups is 1. The Bertz CT molecular complexity index is 641. The van der Waals surface area contributed by atoms with Gasteiger partial charge in [0.15, 0.2) is 0 Å². The maximum absolute atomic E-state index is 12.7. The normalized spacial score (nSPS) is 13.5. The molecule has 0 aliphatic rings. The number of amides is 2. The minimum atomic E-state index is -6.96. The molecule has 3 nitrogen and oxygen atoms in total. The highest BCUT2D eigenvalue weighted by atomic mass is 35.5. The molecule has 0 heterocycles. The number of carbonyl (C=O) groups excluding carboxylic acids is 1. The van der Waals surface area contributed by atoms with Gasteiger partial charge in [-0.2, -0.15) is 39.5 Å². The smallest absolute Gasteiger partial charge is 0.308 e. The number of rotatable bonds is 2. The molecule has 1 rings (SSSR count). The first-order chi connectivity index (χ1) is 11.4. The second kappa shape index (κ2) is 7.04. The van der Waals surface area contributed by atoms with Gasteiger partial charge in [-0.15, -0.1) is 0 Å². The van der Waals surface area contributed by atoms with Crippen molar-refractivity contribution in [1.82, 2.24) is 5.32 Å². The third-order valence-electron chi connectivity index (χ3n) is 2.82. The molecule has 0 atom stereocenters. The minimum Gasteiger partial charge on any atom is -0.308 e. The van der Waals surface area contributed by atoms with Crippen LogP contribution < -0.4 is 10.6 Å². The molecule has 26 heavy (non-hydrogen) atoms. The van der Waals surface area contributed by atoms with Gasteiger partial charge in [0.1, 0.15) is 0 Å². The monoisotopic (exact) mass is 456 g/mol. The molecule has 0 bridgehead atoms. The summed E-state index contributed by atoms with van der Waals surface area (Å²) >= 11 is 16.6. The summed E-state index contributed by atoms with van der Waals surface area (Å²) in [5.41, 5.74) is -7.28. The second-order valence-electron chi connectivity index (χ2n) is 4.57. The van der Waals surface area contributed by atoms with Crippen LogP contribution in [0.4, 0.5) is 50.0 Å². The molecular weight excluding hydrogens is 453 g/mol. The zero-order chi connectivity index (χ0) is 20.7. The summed E-state index contributed by atoms with van der Waals surface area (Å²) in [6, 6.07) is -0.743. The Morgan fingerprint density at radius 2 is 1.12 bits per heavy atom. The summed E-state index contributed by atoms with van der Waals surface area (Å²) in [6.07, 6.45) is -20.9. The van der Waals surface area contributed by atoms with Crippen LogP contribution in [-0.4, -0.2) is 30.1 Å². The minimum absolute atomic E-state index is 0.107. The van der Waals surface area contributed by atoms with E-state index in [9.17, 15) is 44.3 Å².